The normalized spacial score (nSPS) is 25.3. The third-order valence-corrected chi connectivity index (χ3v) is 3.47. The molecule has 1 aliphatic heterocycles. The third kappa shape index (κ3) is 3.09. The SMILES string of the molecule is O=C(NCC1CCOC1)NCC1(C(=O)O)CC1. The smallest absolute Gasteiger partial charge is 0.314 e. The third-order valence-electron chi connectivity index (χ3n) is 3.47. The lowest BCUT2D eigenvalue weighted by Gasteiger charge is -2.13. The first-order chi connectivity index (χ1) is 8.12. The highest BCUT2D eigenvalue weighted by Gasteiger charge is 2.50. The Morgan fingerprint density at radius 3 is 2.65 bits per heavy atom. The van der Waals surface area contributed by atoms with Crippen molar-refractivity contribution in [1.29, 1.82) is 0 Å². The van der Waals surface area contributed by atoms with Crippen LogP contribution in [-0.2, 0) is 9.53 Å². The Hall–Kier alpha value is -1.30. The van der Waals surface area contributed by atoms with E-state index in [-0.39, 0.29) is 12.6 Å². The maximum absolute atomic E-state index is 11.4. The zero-order valence-electron chi connectivity index (χ0n) is 9.70. The van der Waals surface area contributed by atoms with Crippen LogP contribution in [0.5, 0.6) is 0 Å². The van der Waals surface area contributed by atoms with Crippen molar-refractivity contribution in [2.75, 3.05) is 26.3 Å². The molecular formula is C11H18N2O4. The minimum Gasteiger partial charge on any atom is -0.481 e. The fourth-order valence-corrected chi connectivity index (χ4v) is 1.91. The van der Waals surface area contributed by atoms with Gasteiger partial charge in [-0.15, -0.1) is 0 Å². The summed E-state index contributed by atoms with van der Waals surface area (Å²) in [6.45, 7) is 2.26. The van der Waals surface area contributed by atoms with Crippen LogP contribution in [0.25, 0.3) is 0 Å². The lowest BCUT2D eigenvalue weighted by Crippen LogP contribution is -2.42. The van der Waals surface area contributed by atoms with Crippen molar-refractivity contribution in [1.82, 2.24) is 10.6 Å². The predicted octanol–water partition coefficient (Wildman–Crippen LogP) is 0.187. The molecule has 0 aromatic heterocycles. The molecule has 0 bridgehead atoms. The minimum atomic E-state index is -0.818. The first-order valence-corrected chi connectivity index (χ1v) is 5.95. The molecule has 0 aromatic rings. The summed E-state index contributed by atoms with van der Waals surface area (Å²) in [6.07, 6.45) is 2.28. The van der Waals surface area contributed by atoms with Crippen LogP contribution in [-0.4, -0.2) is 43.4 Å². The summed E-state index contributed by atoms with van der Waals surface area (Å²) in [5.74, 6) is -0.433. The van der Waals surface area contributed by atoms with Crippen molar-refractivity contribution in [3.05, 3.63) is 0 Å². The van der Waals surface area contributed by atoms with Gasteiger partial charge in [-0.1, -0.05) is 0 Å². The van der Waals surface area contributed by atoms with Gasteiger partial charge in [0.2, 0.25) is 0 Å². The zero-order chi connectivity index (χ0) is 12.3. The Bertz CT molecular complexity index is 309. The summed E-state index contributed by atoms with van der Waals surface area (Å²) in [6, 6.07) is -0.288. The lowest BCUT2D eigenvalue weighted by molar-refractivity contribution is -0.143. The second-order valence-corrected chi connectivity index (χ2v) is 4.88. The average molecular weight is 242 g/mol. The number of carbonyl (C=O) groups is 2. The number of rotatable bonds is 5. The minimum absolute atomic E-state index is 0.218. The average Bonchev–Trinajstić information content (AvgIpc) is 2.93. The van der Waals surface area contributed by atoms with Gasteiger partial charge in [-0.25, -0.2) is 4.79 Å². The molecule has 1 unspecified atom stereocenters. The van der Waals surface area contributed by atoms with Crippen LogP contribution in [0.4, 0.5) is 4.79 Å². The van der Waals surface area contributed by atoms with Gasteiger partial charge >= 0.3 is 12.0 Å². The number of ether oxygens (including phenoxy) is 1. The van der Waals surface area contributed by atoms with Crippen LogP contribution in [0.2, 0.25) is 0 Å². The number of carbonyl (C=O) groups excluding carboxylic acids is 1. The molecule has 17 heavy (non-hydrogen) atoms. The van der Waals surface area contributed by atoms with Crippen LogP contribution < -0.4 is 10.6 Å². The number of hydrogen-bond acceptors (Lipinski definition) is 3. The molecule has 6 nitrogen and oxygen atoms in total. The molecule has 2 fully saturated rings. The monoisotopic (exact) mass is 242 g/mol. The Balaban J connectivity index is 1.62. The number of urea groups is 1. The fraction of sp³-hybridized carbons (Fsp3) is 0.818. The van der Waals surface area contributed by atoms with Gasteiger partial charge in [0.15, 0.2) is 0 Å². The molecule has 1 aliphatic carbocycles. The van der Waals surface area contributed by atoms with E-state index >= 15 is 0 Å². The van der Waals surface area contributed by atoms with E-state index in [1.54, 1.807) is 0 Å². The first kappa shape index (κ1) is 12.2. The lowest BCUT2D eigenvalue weighted by atomic mass is 10.1. The highest BCUT2D eigenvalue weighted by molar-refractivity contribution is 5.80. The summed E-state index contributed by atoms with van der Waals surface area (Å²) in [7, 11) is 0. The van der Waals surface area contributed by atoms with Gasteiger partial charge in [0.05, 0.1) is 12.0 Å². The highest BCUT2D eigenvalue weighted by Crippen LogP contribution is 2.45. The van der Waals surface area contributed by atoms with Crippen LogP contribution in [0.1, 0.15) is 19.3 Å². The van der Waals surface area contributed by atoms with E-state index in [1.807, 2.05) is 0 Å². The molecule has 2 rings (SSSR count). The van der Waals surface area contributed by atoms with E-state index in [2.05, 4.69) is 10.6 Å². The standard InChI is InChI=1S/C11H18N2O4/c14-9(15)11(2-3-11)7-13-10(16)12-5-8-1-4-17-6-8/h8H,1-7H2,(H,14,15)(H2,12,13,16). The molecule has 0 radical (unpaired) electrons. The van der Waals surface area contributed by atoms with E-state index < -0.39 is 11.4 Å². The summed E-state index contributed by atoms with van der Waals surface area (Å²) >= 11 is 0. The van der Waals surface area contributed by atoms with Crippen molar-refractivity contribution in [2.24, 2.45) is 11.3 Å². The molecule has 1 saturated heterocycles. The van der Waals surface area contributed by atoms with E-state index in [1.165, 1.54) is 0 Å². The highest BCUT2D eigenvalue weighted by atomic mass is 16.5. The largest absolute Gasteiger partial charge is 0.481 e. The Labute approximate surface area is 99.7 Å². The molecule has 2 aliphatic rings. The molecule has 1 saturated carbocycles. The van der Waals surface area contributed by atoms with Crippen molar-refractivity contribution >= 4 is 12.0 Å². The molecule has 96 valence electrons. The summed E-state index contributed by atoms with van der Waals surface area (Å²) in [5, 5.41) is 14.3. The second-order valence-electron chi connectivity index (χ2n) is 4.88. The molecule has 0 aromatic carbocycles. The number of aliphatic carboxylic acids is 1. The van der Waals surface area contributed by atoms with Crippen molar-refractivity contribution in [3.63, 3.8) is 0 Å². The maximum atomic E-state index is 11.4. The van der Waals surface area contributed by atoms with Gasteiger partial charge in [0.25, 0.3) is 0 Å². The van der Waals surface area contributed by atoms with Gasteiger partial charge in [-0.05, 0) is 19.3 Å². The maximum Gasteiger partial charge on any atom is 0.314 e. The van der Waals surface area contributed by atoms with Crippen molar-refractivity contribution in [2.45, 2.75) is 19.3 Å². The van der Waals surface area contributed by atoms with E-state index in [0.29, 0.717) is 31.9 Å². The fourth-order valence-electron chi connectivity index (χ4n) is 1.91. The number of carboxylic acids is 1. The molecular weight excluding hydrogens is 224 g/mol. The van der Waals surface area contributed by atoms with E-state index in [9.17, 15) is 9.59 Å². The molecule has 2 amide bonds. The number of carboxylic acid groups (broad SMARTS) is 1. The van der Waals surface area contributed by atoms with E-state index in [4.69, 9.17) is 9.84 Å². The topological polar surface area (TPSA) is 87.7 Å². The number of hydrogen-bond donors (Lipinski definition) is 3. The van der Waals surface area contributed by atoms with Gasteiger partial charge in [-0.2, -0.15) is 0 Å². The van der Waals surface area contributed by atoms with Crippen LogP contribution in [0, 0.1) is 11.3 Å². The van der Waals surface area contributed by atoms with Crippen molar-refractivity contribution in [3.8, 4) is 0 Å². The summed E-state index contributed by atoms with van der Waals surface area (Å²) in [4.78, 5) is 22.3. The summed E-state index contributed by atoms with van der Waals surface area (Å²) < 4.78 is 5.20. The molecule has 3 N–H and O–H groups in total. The van der Waals surface area contributed by atoms with Crippen LogP contribution >= 0.6 is 0 Å². The number of amides is 2. The van der Waals surface area contributed by atoms with Gasteiger partial charge in [0.1, 0.15) is 0 Å². The Morgan fingerprint density at radius 1 is 1.35 bits per heavy atom. The zero-order valence-corrected chi connectivity index (χ0v) is 9.70. The van der Waals surface area contributed by atoms with Crippen LogP contribution in [0.15, 0.2) is 0 Å². The number of nitrogens with one attached hydrogen (secondary N) is 2. The molecule has 1 atom stereocenters. The molecule has 1 heterocycles. The Morgan fingerprint density at radius 2 is 2.12 bits per heavy atom. The van der Waals surface area contributed by atoms with Crippen molar-refractivity contribution < 1.29 is 19.4 Å². The van der Waals surface area contributed by atoms with E-state index in [0.717, 1.165) is 13.0 Å². The van der Waals surface area contributed by atoms with Gasteiger partial charge in [0, 0.05) is 25.6 Å². The first-order valence-electron chi connectivity index (χ1n) is 5.95. The summed E-state index contributed by atoms with van der Waals surface area (Å²) in [5.41, 5.74) is -0.701. The van der Waals surface area contributed by atoms with Crippen LogP contribution in [0.3, 0.4) is 0 Å². The Kier molecular flexibility index (Phi) is 3.51. The molecule has 0 spiro atoms. The molecule has 6 heteroatoms. The van der Waals surface area contributed by atoms with Gasteiger partial charge < -0.3 is 20.5 Å². The van der Waals surface area contributed by atoms with Gasteiger partial charge in [-0.3, -0.25) is 4.79 Å². The quantitative estimate of drug-likeness (QED) is 0.642. The predicted molar refractivity (Wildman–Crippen MR) is 59.6 cm³/mol. The second kappa shape index (κ2) is 4.91.